The molecule has 0 spiro atoms. The number of ketones is 1. The van der Waals surface area contributed by atoms with Crippen molar-refractivity contribution in [2.45, 2.75) is 38.6 Å². The number of ether oxygens (including phenoxy) is 1. The van der Waals surface area contributed by atoms with Gasteiger partial charge in [0.25, 0.3) is 0 Å². The van der Waals surface area contributed by atoms with Gasteiger partial charge < -0.3 is 10.5 Å². The van der Waals surface area contributed by atoms with Crippen molar-refractivity contribution in [2.75, 3.05) is 6.61 Å². The molecule has 13 heavy (non-hydrogen) atoms. The van der Waals surface area contributed by atoms with Gasteiger partial charge in [0, 0.05) is 18.0 Å². The Morgan fingerprint density at radius 1 is 1.77 bits per heavy atom. The predicted molar refractivity (Wildman–Crippen MR) is 51.2 cm³/mol. The first-order valence-corrected chi connectivity index (χ1v) is 4.83. The average Bonchev–Trinajstić information content (AvgIpc) is 2.19. The van der Waals surface area contributed by atoms with Crippen molar-refractivity contribution in [3.63, 3.8) is 0 Å². The first-order chi connectivity index (χ1) is 6.24. The van der Waals surface area contributed by atoms with Crippen molar-refractivity contribution in [3.8, 4) is 0 Å². The number of hydrogen-bond donors (Lipinski definition) is 1. The van der Waals surface area contributed by atoms with Crippen molar-refractivity contribution in [3.05, 3.63) is 11.8 Å². The third kappa shape index (κ3) is 3.19. The van der Waals surface area contributed by atoms with Crippen molar-refractivity contribution in [2.24, 2.45) is 5.73 Å². The minimum atomic E-state index is -0.00433. The summed E-state index contributed by atoms with van der Waals surface area (Å²) >= 11 is 0. The van der Waals surface area contributed by atoms with E-state index in [1.165, 1.54) is 0 Å². The molecule has 1 aliphatic heterocycles. The van der Waals surface area contributed by atoms with Crippen molar-refractivity contribution in [1.29, 1.82) is 0 Å². The molecule has 0 saturated carbocycles. The van der Waals surface area contributed by atoms with E-state index in [0.717, 1.165) is 31.4 Å². The van der Waals surface area contributed by atoms with Gasteiger partial charge in [0.15, 0.2) is 5.78 Å². The molecule has 0 aromatic heterocycles. The summed E-state index contributed by atoms with van der Waals surface area (Å²) < 4.78 is 5.09. The third-order valence-corrected chi connectivity index (χ3v) is 2.26. The molecule has 1 atom stereocenters. The van der Waals surface area contributed by atoms with E-state index in [-0.39, 0.29) is 11.8 Å². The minimum Gasteiger partial charge on any atom is -0.501 e. The molecule has 0 aliphatic carbocycles. The zero-order valence-corrected chi connectivity index (χ0v) is 8.08. The molecule has 1 rings (SSSR count). The van der Waals surface area contributed by atoms with Crippen molar-refractivity contribution in [1.82, 2.24) is 0 Å². The lowest BCUT2D eigenvalue weighted by atomic mass is 9.99. The van der Waals surface area contributed by atoms with E-state index in [4.69, 9.17) is 10.5 Å². The Bertz CT molecular complexity index is 211. The van der Waals surface area contributed by atoms with Crippen LogP contribution in [0.1, 0.15) is 32.6 Å². The predicted octanol–water partition coefficient (Wildman–Crippen LogP) is 1.38. The number of nitrogens with two attached hydrogens (primary N) is 1. The van der Waals surface area contributed by atoms with Gasteiger partial charge in [0.2, 0.25) is 0 Å². The quantitative estimate of drug-likeness (QED) is 0.716. The van der Waals surface area contributed by atoms with Gasteiger partial charge in [-0.2, -0.15) is 0 Å². The van der Waals surface area contributed by atoms with Crippen LogP contribution < -0.4 is 5.73 Å². The molecule has 0 aromatic carbocycles. The van der Waals surface area contributed by atoms with Crippen LogP contribution in [-0.4, -0.2) is 18.4 Å². The smallest absolute Gasteiger partial charge is 0.163 e. The molecule has 2 N–H and O–H groups in total. The van der Waals surface area contributed by atoms with Crippen LogP contribution in [0.25, 0.3) is 0 Å². The van der Waals surface area contributed by atoms with E-state index in [0.29, 0.717) is 6.42 Å². The highest BCUT2D eigenvalue weighted by Gasteiger charge is 2.15. The molecule has 0 radical (unpaired) electrons. The summed E-state index contributed by atoms with van der Waals surface area (Å²) in [6.45, 7) is 2.72. The van der Waals surface area contributed by atoms with Crippen molar-refractivity contribution >= 4 is 5.78 Å². The maximum Gasteiger partial charge on any atom is 0.163 e. The summed E-state index contributed by atoms with van der Waals surface area (Å²) in [5, 5.41) is 0. The fraction of sp³-hybridized carbons (Fsp3) is 0.700. The SMILES string of the molecule is CCC(N)CC(=O)C1=COCCC1. The van der Waals surface area contributed by atoms with Crippen LogP contribution in [0, 0.1) is 0 Å². The lowest BCUT2D eigenvalue weighted by molar-refractivity contribution is -0.116. The van der Waals surface area contributed by atoms with Crippen LogP contribution in [0.5, 0.6) is 0 Å². The molecule has 0 bridgehead atoms. The third-order valence-electron chi connectivity index (χ3n) is 2.26. The van der Waals surface area contributed by atoms with Gasteiger partial charge in [-0.25, -0.2) is 0 Å². The highest BCUT2D eigenvalue weighted by atomic mass is 16.5. The Kier molecular flexibility index (Phi) is 3.96. The van der Waals surface area contributed by atoms with E-state index in [9.17, 15) is 4.79 Å². The zero-order valence-electron chi connectivity index (χ0n) is 8.08. The van der Waals surface area contributed by atoms with E-state index >= 15 is 0 Å². The normalized spacial score (nSPS) is 18.8. The molecule has 1 aliphatic rings. The lowest BCUT2D eigenvalue weighted by Crippen LogP contribution is -2.24. The summed E-state index contributed by atoms with van der Waals surface area (Å²) in [6.07, 6.45) is 4.67. The summed E-state index contributed by atoms with van der Waals surface area (Å²) in [5.74, 6) is 0.147. The molecular weight excluding hydrogens is 166 g/mol. The van der Waals surface area contributed by atoms with E-state index < -0.39 is 0 Å². The summed E-state index contributed by atoms with van der Waals surface area (Å²) in [7, 11) is 0. The first-order valence-electron chi connectivity index (χ1n) is 4.83. The van der Waals surface area contributed by atoms with E-state index in [1.54, 1.807) is 6.26 Å². The van der Waals surface area contributed by atoms with Crippen LogP contribution in [0.3, 0.4) is 0 Å². The largest absolute Gasteiger partial charge is 0.501 e. The molecule has 3 heteroatoms. The van der Waals surface area contributed by atoms with Gasteiger partial charge in [0.05, 0.1) is 12.9 Å². The second-order valence-electron chi connectivity index (χ2n) is 3.41. The second-order valence-corrected chi connectivity index (χ2v) is 3.41. The average molecular weight is 183 g/mol. The molecule has 74 valence electrons. The fourth-order valence-corrected chi connectivity index (χ4v) is 1.28. The second kappa shape index (κ2) is 5.02. The molecule has 0 aromatic rings. The van der Waals surface area contributed by atoms with E-state index in [2.05, 4.69) is 0 Å². The number of rotatable bonds is 4. The van der Waals surface area contributed by atoms with Crippen LogP contribution in [0.2, 0.25) is 0 Å². The van der Waals surface area contributed by atoms with Gasteiger partial charge in [-0.3, -0.25) is 4.79 Å². The number of Topliss-reactive ketones (excluding diaryl/α,β-unsaturated/α-hetero) is 1. The highest BCUT2D eigenvalue weighted by molar-refractivity contribution is 5.95. The Labute approximate surface area is 78.9 Å². The first kappa shape index (κ1) is 10.3. The topological polar surface area (TPSA) is 52.3 Å². The van der Waals surface area contributed by atoms with Crippen LogP contribution in [0.15, 0.2) is 11.8 Å². The number of hydrogen-bond acceptors (Lipinski definition) is 3. The Hall–Kier alpha value is -0.830. The Morgan fingerprint density at radius 2 is 2.54 bits per heavy atom. The minimum absolute atomic E-state index is 0.00433. The maximum atomic E-state index is 11.5. The summed E-state index contributed by atoms with van der Waals surface area (Å²) in [6, 6.07) is -0.00433. The number of carbonyl (C=O) groups is 1. The standard InChI is InChI=1S/C10H17NO2/c1-2-9(11)6-10(12)8-4-3-5-13-7-8/h7,9H,2-6,11H2,1H3. The van der Waals surface area contributed by atoms with Gasteiger partial charge in [-0.1, -0.05) is 6.92 Å². The summed E-state index contributed by atoms with van der Waals surface area (Å²) in [5.41, 5.74) is 6.49. The molecule has 3 nitrogen and oxygen atoms in total. The van der Waals surface area contributed by atoms with Crippen LogP contribution in [0.4, 0.5) is 0 Å². The molecule has 1 heterocycles. The van der Waals surface area contributed by atoms with Gasteiger partial charge in [-0.15, -0.1) is 0 Å². The Morgan fingerprint density at radius 3 is 3.08 bits per heavy atom. The molecule has 1 unspecified atom stereocenters. The van der Waals surface area contributed by atoms with Gasteiger partial charge in [-0.05, 0) is 19.3 Å². The summed E-state index contributed by atoms with van der Waals surface area (Å²) in [4.78, 5) is 11.5. The lowest BCUT2D eigenvalue weighted by Gasteiger charge is -2.14. The molecular formula is C10H17NO2. The van der Waals surface area contributed by atoms with Gasteiger partial charge in [0.1, 0.15) is 0 Å². The molecule has 0 amide bonds. The van der Waals surface area contributed by atoms with Crippen molar-refractivity contribution < 1.29 is 9.53 Å². The monoisotopic (exact) mass is 183 g/mol. The highest BCUT2D eigenvalue weighted by Crippen LogP contribution is 2.15. The zero-order chi connectivity index (χ0) is 9.68. The maximum absolute atomic E-state index is 11.5. The van der Waals surface area contributed by atoms with E-state index in [1.807, 2.05) is 6.92 Å². The molecule has 0 saturated heterocycles. The number of allylic oxidation sites excluding steroid dienone is 1. The van der Waals surface area contributed by atoms with Gasteiger partial charge >= 0.3 is 0 Å². The Balaban J connectivity index is 2.42. The van der Waals surface area contributed by atoms with Crippen LogP contribution >= 0.6 is 0 Å². The molecule has 0 fully saturated rings. The fourth-order valence-electron chi connectivity index (χ4n) is 1.28. The number of carbonyl (C=O) groups excluding carboxylic acids is 1. The van der Waals surface area contributed by atoms with Crippen LogP contribution in [-0.2, 0) is 9.53 Å².